The number of amides is 3. The molecule has 2 aromatic carbocycles. The highest BCUT2D eigenvalue weighted by Crippen LogP contribution is 2.40. The molecule has 12 nitrogen and oxygen atoms in total. The number of alkyl carbamates (subject to hydrolysis) is 1. The van der Waals surface area contributed by atoms with E-state index < -0.39 is 29.5 Å². The maximum Gasteiger partial charge on any atom is 0.408 e. The van der Waals surface area contributed by atoms with E-state index in [0.717, 1.165) is 22.2 Å². The van der Waals surface area contributed by atoms with Crippen LogP contribution in [0.25, 0.3) is 10.9 Å². The topological polar surface area (TPSA) is 160 Å². The van der Waals surface area contributed by atoms with Gasteiger partial charge in [-0.15, -0.1) is 0 Å². The van der Waals surface area contributed by atoms with Crippen LogP contribution in [-0.4, -0.2) is 68.4 Å². The Balaban J connectivity index is 1.49. The van der Waals surface area contributed by atoms with Gasteiger partial charge in [0.05, 0.1) is 10.5 Å². The predicted molar refractivity (Wildman–Crippen MR) is 208 cm³/mol. The molecule has 1 aliphatic rings. The van der Waals surface area contributed by atoms with Crippen molar-refractivity contribution < 1.29 is 28.4 Å². The molecule has 0 fully saturated rings. The maximum absolute atomic E-state index is 15.0. The third kappa shape index (κ3) is 8.92. The first-order valence-electron chi connectivity index (χ1n) is 18.8. The number of rotatable bonds is 16. The van der Waals surface area contributed by atoms with Crippen LogP contribution in [0.3, 0.4) is 0 Å². The van der Waals surface area contributed by atoms with Gasteiger partial charge in [0.15, 0.2) is 5.78 Å². The number of carbonyl (C=O) groups is 4. The predicted octanol–water partition coefficient (Wildman–Crippen LogP) is 7.81. The quantitative estimate of drug-likeness (QED) is 0.104. The average Bonchev–Trinajstić information content (AvgIpc) is 3.80. The molecule has 5 rings (SSSR count). The number of aromatic amines is 1. The molecule has 0 saturated heterocycles. The fourth-order valence-electron chi connectivity index (χ4n) is 7.13. The average molecular weight is 782 g/mol. The van der Waals surface area contributed by atoms with Gasteiger partial charge in [0.2, 0.25) is 11.8 Å². The van der Waals surface area contributed by atoms with E-state index >= 15 is 0 Å². The molecule has 4 aromatic rings. The van der Waals surface area contributed by atoms with Crippen molar-refractivity contribution in [2.24, 2.45) is 11.8 Å². The summed E-state index contributed by atoms with van der Waals surface area (Å²) in [7, 11) is 0. The van der Waals surface area contributed by atoms with Crippen molar-refractivity contribution >= 4 is 57.8 Å². The van der Waals surface area contributed by atoms with Crippen LogP contribution < -0.4 is 10.6 Å². The first-order chi connectivity index (χ1) is 25.8. The molecule has 290 valence electrons. The van der Waals surface area contributed by atoms with Crippen LogP contribution in [0.5, 0.6) is 0 Å². The van der Waals surface area contributed by atoms with Gasteiger partial charge in [0.1, 0.15) is 18.2 Å². The van der Waals surface area contributed by atoms with E-state index in [0.29, 0.717) is 47.9 Å². The Morgan fingerprint density at radius 3 is 2.39 bits per heavy atom. The summed E-state index contributed by atoms with van der Waals surface area (Å²) in [6.07, 6.45) is 1.33. The van der Waals surface area contributed by atoms with Crippen molar-refractivity contribution in [1.29, 1.82) is 0 Å². The third-order valence-electron chi connectivity index (χ3n) is 10.9. The second-order valence-corrected chi connectivity index (χ2v) is 15.1. The highest BCUT2D eigenvalue weighted by atomic mass is 35.5. The Hall–Kier alpha value is -4.42. The van der Waals surface area contributed by atoms with Gasteiger partial charge in [-0.3, -0.25) is 14.4 Å². The number of carbonyl (C=O) groups excluding carboxylic acids is 4. The van der Waals surface area contributed by atoms with E-state index in [1.807, 2.05) is 77.9 Å². The van der Waals surface area contributed by atoms with E-state index in [4.69, 9.17) is 32.5 Å². The number of nitrogens with zero attached hydrogens (tertiary/aromatic N) is 3. The number of ether oxygens (including phenoxy) is 1. The Morgan fingerprint density at radius 2 is 1.72 bits per heavy atom. The van der Waals surface area contributed by atoms with Crippen molar-refractivity contribution in [2.75, 3.05) is 13.1 Å². The van der Waals surface area contributed by atoms with E-state index in [1.165, 1.54) is 0 Å². The van der Waals surface area contributed by atoms with Crippen LogP contribution in [0, 0.1) is 11.8 Å². The van der Waals surface area contributed by atoms with Gasteiger partial charge in [-0.05, 0) is 61.8 Å². The number of nitrogens with one attached hydrogen (secondary N) is 3. The van der Waals surface area contributed by atoms with Crippen LogP contribution in [-0.2, 0) is 33.8 Å². The number of aryl methyl sites for hydroxylation is 1. The smallest absolute Gasteiger partial charge is 0.408 e. The van der Waals surface area contributed by atoms with Crippen LogP contribution in [0.1, 0.15) is 106 Å². The highest BCUT2D eigenvalue weighted by molar-refractivity contribution is 6.38. The summed E-state index contributed by atoms with van der Waals surface area (Å²) in [6, 6.07) is 11.7. The Bertz CT molecular complexity index is 1960. The summed E-state index contributed by atoms with van der Waals surface area (Å²) in [6.45, 7) is 12.5. The molecular weight excluding hydrogens is 731 g/mol. The molecule has 0 radical (unpaired) electrons. The lowest BCUT2D eigenvalue weighted by molar-refractivity contribution is -0.134. The fourth-order valence-corrected chi connectivity index (χ4v) is 7.67. The molecule has 0 spiro atoms. The number of aromatic nitrogens is 3. The third-order valence-corrected chi connectivity index (χ3v) is 11.4. The van der Waals surface area contributed by atoms with Crippen LogP contribution in [0.15, 0.2) is 47.0 Å². The zero-order chi connectivity index (χ0) is 39.2. The number of ketones is 1. The van der Waals surface area contributed by atoms with Gasteiger partial charge in [-0.1, -0.05) is 99.2 Å². The number of halogens is 2. The number of benzene rings is 2. The molecule has 14 heteroatoms. The number of fused-ring (bicyclic) bond motifs is 3. The van der Waals surface area contributed by atoms with Gasteiger partial charge in [-0.25, -0.2) is 4.79 Å². The minimum atomic E-state index is -1.39. The van der Waals surface area contributed by atoms with E-state index in [-0.39, 0.29) is 61.1 Å². The van der Waals surface area contributed by atoms with Crippen LogP contribution >= 0.6 is 23.2 Å². The molecule has 2 unspecified atom stereocenters. The van der Waals surface area contributed by atoms with Gasteiger partial charge < -0.3 is 29.8 Å². The van der Waals surface area contributed by atoms with E-state index in [9.17, 15) is 19.2 Å². The standard InChI is InChI=1S/C40H50Cl2N6O6/c1-7-23(5)27(37-45-35(47-54-37)38(51)48(9-3)10-4)20-32(49)40(17-16-31-29(21-40)28-18-26(41)19-30(42)34(28)43-31)46-36(50)33(24(6)8-2)44-39(52)53-22-25-14-12-11-13-15-25/h11-15,18-19,23-24,27,33,43H,7-10,16-17,20-22H2,1-6H3,(H,44,52)(H,46,50)/t23?,24?,27-,33-,40+/m0/s1. The van der Waals surface area contributed by atoms with Crippen molar-refractivity contribution in [3.8, 4) is 0 Å². The number of Topliss-reactive ketones (excluding diaryl/α,β-unsaturated/α-hetero) is 1. The van der Waals surface area contributed by atoms with Gasteiger partial charge in [0, 0.05) is 48.0 Å². The van der Waals surface area contributed by atoms with Crippen LogP contribution in [0.4, 0.5) is 4.79 Å². The number of H-pyrrole nitrogens is 1. The SMILES string of the molecule is CCC(C)[C@H](NC(=O)OCc1ccccc1)C(=O)N[C@]1(C(=O)C[C@H](c2nc(C(=O)N(CC)CC)no2)C(C)CC)CCc2[nH]c3c(Cl)cc(Cl)cc3c2C1. The molecule has 2 aromatic heterocycles. The highest BCUT2D eigenvalue weighted by Gasteiger charge is 2.46. The maximum atomic E-state index is 15.0. The zero-order valence-electron chi connectivity index (χ0n) is 31.8. The zero-order valence-corrected chi connectivity index (χ0v) is 33.3. The molecule has 2 heterocycles. The first-order valence-corrected chi connectivity index (χ1v) is 19.5. The van der Waals surface area contributed by atoms with Gasteiger partial charge in [0.25, 0.3) is 11.7 Å². The molecule has 54 heavy (non-hydrogen) atoms. The molecule has 0 bridgehead atoms. The lowest BCUT2D eigenvalue weighted by Crippen LogP contribution is -2.62. The summed E-state index contributed by atoms with van der Waals surface area (Å²) in [5.41, 5.74) is 1.86. The molecule has 1 aliphatic carbocycles. The van der Waals surface area contributed by atoms with E-state index in [1.54, 1.807) is 11.0 Å². The molecular formula is C40H50Cl2N6O6. The van der Waals surface area contributed by atoms with Crippen LogP contribution in [0.2, 0.25) is 10.0 Å². The summed E-state index contributed by atoms with van der Waals surface area (Å²) < 4.78 is 11.2. The Kier molecular flexibility index (Phi) is 13.4. The van der Waals surface area contributed by atoms with Crippen molar-refractivity contribution in [1.82, 2.24) is 30.7 Å². The van der Waals surface area contributed by atoms with E-state index in [2.05, 4.69) is 25.8 Å². The minimum absolute atomic E-state index is 0.0350. The monoisotopic (exact) mass is 780 g/mol. The number of hydrogen-bond acceptors (Lipinski definition) is 8. The fraction of sp³-hybridized carbons (Fsp3) is 0.500. The first kappa shape index (κ1) is 40.8. The summed E-state index contributed by atoms with van der Waals surface area (Å²) in [5, 5.41) is 11.6. The van der Waals surface area contributed by atoms with Crippen molar-refractivity contribution in [2.45, 2.75) is 104 Å². The minimum Gasteiger partial charge on any atom is -0.445 e. The molecule has 3 N–H and O–H groups in total. The summed E-state index contributed by atoms with van der Waals surface area (Å²) in [5.74, 6) is -1.87. The number of hydrogen-bond donors (Lipinski definition) is 3. The van der Waals surface area contributed by atoms with Gasteiger partial charge in [-0.2, -0.15) is 4.98 Å². The largest absolute Gasteiger partial charge is 0.445 e. The molecule has 0 saturated carbocycles. The second kappa shape index (κ2) is 17.8. The molecule has 3 amide bonds. The van der Waals surface area contributed by atoms with Crippen molar-refractivity contribution in [3.63, 3.8) is 0 Å². The second-order valence-electron chi connectivity index (χ2n) is 14.3. The molecule has 0 aliphatic heterocycles. The van der Waals surface area contributed by atoms with Gasteiger partial charge >= 0.3 is 6.09 Å². The normalized spacial score (nSPS) is 17.6. The Morgan fingerprint density at radius 1 is 1.02 bits per heavy atom. The molecule has 5 atom stereocenters. The lowest BCUT2D eigenvalue weighted by atomic mass is 9.73. The Labute approximate surface area is 326 Å². The summed E-state index contributed by atoms with van der Waals surface area (Å²) >= 11 is 13.1. The van der Waals surface area contributed by atoms with Crippen molar-refractivity contribution in [3.05, 3.63) is 81.0 Å². The summed E-state index contributed by atoms with van der Waals surface area (Å²) in [4.78, 5) is 65.1. The lowest BCUT2D eigenvalue weighted by Gasteiger charge is -2.39.